The van der Waals surface area contributed by atoms with Gasteiger partial charge in [-0.1, -0.05) is 0 Å². The average Bonchev–Trinajstić information content (AvgIpc) is 2.95. The average molecular weight is 329 g/mol. The lowest BCUT2D eigenvalue weighted by Gasteiger charge is -2.27. The second-order valence-corrected chi connectivity index (χ2v) is 6.38. The smallest absolute Gasteiger partial charge is 0.350 e. The Balaban J connectivity index is 1.47. The summed E-state index contributed by atoms with van der Waals surface area (Å²) in [6.45, 7) is 5.21. The summed E-state index contributed by atoms with van der Waals surface area (Å²) in [4.78, 5) is 9.99. The Kier molecular flexibility index (Phi) is 5.01. The molecule has 2 N–H and O–H groups in total. The van der Waals surface area contributed by atoms with Crippen LogP contribution in [0, 0.1) is 5.92 Å². The van der Waals surface area contributed by atoms with Crippen molar-refractivity contribution in [3.8, 4) is 0 Å². The quantitative estimate of drug-likeness (QED) is 0.885. The van der Waals surface area contributed by atoms with Crippen molar-refractivity contribution < 1.29 is 13.2 Å². The van der Waals surface area contributed by atoms with Gasteiger partial charge in [0.2, 0.25) is 5.95 Å². The number of halogens is 3. The number of alkyl halides is 3. The van der Waals surface area contributed by atoms with Crippen molar-refractivity contribution in [2.75, 3.05) is 38.0 Å². The molecule has 2 saturated heterocycles. The summed E-state index contributed by atoms with van der Waals surface area (Å²) < 4.78 is 37.5. The summed E-state index contributed by atoms with van der Waals surface area (Å²) in [7, 11) is 0. The van der Waals surface area contributed by atoms with Crippen LogP contribution in [0.1, 0.15) is 24.8 Å². The lowest BCUT2D eigenvalue weighted by Crippen LogP contribution is -2.36. The van der Waals surface area contributed by atoms with Crippen molar-refractivity contribution in [1.29, 1.82) is 0 Å². The number of likely N-dealkylation sites (tertiary alicyclic amines) is 1. The van der Waals surface area contributed by atoms with Crippen LogP contribution in [0.25, 0.3) is 0 Å². The number of piperidine rings is 1. The first kappa shape index (κ1) is 16.4. The molecule has 1 unspecified atom stereocenters. The molecule has 0 saturated carbocycles. The van der Waals surface area contributed by atoms with Gasteiger partial charge in [-0.15, -0.1) is 0 Å². The Morgan fingerprint density at radius 3 is 2.52 bits per heavy atom. The van der Waals surface area contributed by atoms with E-state index in [2.05, 4.69) is 25.5 Å². The van der Waals surface area contributed by atoms with E-state index in [4.69, 9.17) is 0 Å². The number of hydrogen-bond donors (Lipinski definition) is 2. The minimum absolute atomic E-state index is 0.202. The molecular formula is C15H22F3N5. The molecular weight excluding hydrogens is 307 g/mol. The molecule has 0 amide bonds. The first-order valence-electron chi connectivity index (χ1n) is 8.09. The minimum Gasteiger partial charge on any atom is -0.350 e. The van der Waals surface area contributed by atoms with Crippen LogP contribution in [-0.2, 0) is 6.18 Å². The third-order valence-corrected chi connectivity index (χ3v) is 4.56. The Hall–Kier alpha value is -1.41. The molecule has 0 bridgehead atoms. The maximum absolute atomic E-state index is 12.5. The van der Waals surface area contributed by atoms with E-state index in [-0.39, 0.29) is 12.0 Å². The van der Waals surface area contributed by atoms with Crippen LogP contribution in [-0.4, -0.2) is 53.6 Å². The maximum atomic E-state index is 12.5. The highest BCUT2D eigenvalue weighted by atomic mass is 19.4. The maximum Gasteiger partial charge on any atom is 0.419 e. The lowest BCUT2D eigenvalue weighted by atomic mass is 9.98. The van der Waals surface area contributed by atoms with E-state index in [1.54, 1.807) is 0 Å². The van der Waals surface area contributed by atoms with Gasteiger partial charge >= 0.3 is 6.18 Å². The highest BCUT2D eigenvalue weighted by molar-refractivity contribution is 5.27. The van der Waals surface area contributed by atoms with Gasteiger partial charge < -0.3 is 15.5 Å². The van der Waals surface area contributed by atoms with Crippen LogP contribution in [0.4, 0.5) is 19.1 Å². The second-order valence-electron chi connectivity index (χ2n) is 6.38. The molecule has 1 atom stereocenters. The van der Waals surface area contributed by atoms with Gasteiger partial charge in [-0.05, 0) is 38.3 Å². The zero-order valence-electron chi connectivity index (χ0n) is 12.9. The zero-order valence-corrected chi connectivity index (χ0v) is 12.9. The number of anilines is 1. The van der Waals surface area contributed by atoms with Crippen LogP contribution in [0.2, 0.25) is 0 Å². The van der Waals surface area contributed by atoms with Crippen molar-refractivity contribution in [3.63, 3.8) is 0 Å². The van der Waals surface area contributed by atoms with Gasteiger partial charge in [-0.2, -0.15) is 13.2 Å². The Labute approximate surface area is 133 Å². The fraction of sp³-hybridized carbons (Fsp3) is 0.733. The third kappa shape index (κ3) is 4.54. The van der Waals surface area contributed by atoms with Gasteiger partial charge in [0, 0.05) is 38.1 Å². The number of hydrogen-bond acceptors (Lipinski definition) is 5. The van der Waals surface area contributed by atoms with Crippen molar-refractivity contribution in [2.24, 2.45) is 5.92 Å². The Morgan fingerprint density at radius 1 is 1.17 bits per heavy atom. The topological polar surface area (TPSA) is 53.1 Å². The molecule has 1 aromatic heterocycles. The molecule has 0 spiro atoms. The highest BCUT2D eigenvalue weighted by Crippen LogP contribution is 2.28. The Morgan fingerprint density at radius 2 is 1.87 bits per heavy atom. The highest BCUT2D eigenvalue weighted by Gasteiger charge is 2.31. The first-order chi connectivity index (χ1) is 11.0. The molecule has 2 fully saturated rings. The van der Waals surface area contributed by atoms with Gasteiger partial charge in [-0.25, -0.2) is 9.97 Å². The van der Waals surface area contributed by atoms with E-state index >= 15 is 0 Å². The van der Waals surface area contributed by atoms with E-state index in [0.717, 1.165) is 57.5 Å². The van der Waals surface area contributed by atoms with Crippen LogP contribution >= 0.6 is 0 Å². The van der Waals surface area contributed by atoms with Crippen molar-refractivity contribution in [2.45, 2.75) is 31.5 Å². The SMILES string of the molecule is FC(F)(F)c1cnc(NC2CCN(CC3CCNCC3)C2)nc1. The van der Waals surface area contributed by atoms with Gasteiger partial charge in [0.15, 0.2) is 0 Å². The summed E-state index contributed by atoms with van der Waals surface area (Å²) in [6, 6.07) is 0.202. The van der Waals surface area contributed by atoms with E-state index in [1.807, 2.05) is 0 Å². The van der Waals surface area contributed by atoms with Crippen molar-refractivity contribution in [1.82, 2.24) is 20.2 Å². The minimum atomic E-state index is -4.39. The van der Waals surface area contributed by atoms with Crippen molar-refractivity contribution in [3.05, 3.63) is 18.0 Å². The molecule has 2 aliphatic rings. The van der Waals surface area contributed by atoms with E-state index in [9.17, 15) is 13.2 Å². The van der Waals surface area contributed by atoms with Crippen molar-refractivity contribution >= 4 is 5.95 Å². The number of nitrogens with zero attached hydrogens (tertiary/aromatic N) is 3. The molecule has 0 radical (unpaired) electrons. The second kappa shape index (κ2) is 7.00. The molecule has 5 nitrogen and oxygen atoms in total. The standard InChI is InChI=1S/C15H22F3N5/c16-15(17,18)12-7-20-14(21-8-12)22-13-3-6-23(10-13)9-11-1-4-19-5-2-11/h7-8,11,13,19H,1-6,9-10H2,(H,20,21,22). The number of aromatic nitrogens is 2. The normalized spacial score (nSPS) is 24.0. The monoisotopic (exact) mass is 329 g/mol. The van der Waals surface area contributed by atoms with Gasteiger partial charge in [-0.3, -0.25) is 0 Å². The zero-order chi connectivity index (χ0) is 16.3. The van der Waals surface area contributed by atoms with E-state index in [0.29, 0.717) is 0 Å². The predicted molar refractivity (Wildman–Crippen MR) is 81.1 cm³/mol. The lowest BCUT2D eigenvalue weighted by molar-refractivity contribution is -0.138. The summed E-state index contributed by atoms with van der Waals surface area (Å²) >= 11 is 0. The van der Waals surface area contributed by atoms with Crippen LogP contribution in [0.5, 0.6) is 0 Å². The molecule has 2 aliphatic heterocycles. The van der Waals surface area contributed by atoms with E-state index < -0.39 is 11.7 Å². The molecule has 8 heteroatoms. The summed E-state index contributed by atoms with van der Waals surface area (Å²) in [5, 5.41) is 6.51. The fourth-order valence-corrected chi connectivity index (χ4v) is 3.28. The predicted octanol–water partition coefficient (Wildman–Crippen LogP) is 1.98. The molecule has 0 aromatic carbocycles. The summed E-state index contributed by atoms with van der Waals surface area (Å²) in [5.41, 5.74) is -0.818. The van der Waals surface area contributed by atoms with Crippen LogP contribution in [0.3, 0.4) is 0 Å². The molecule has 3 rings (SSSR count). The molecule has 23 heavy (non-hydrogen) atoms. The Bertz CT molecular complexity index is 499. The number of nitrogens with one attached hydrogen (secondary N) is 2. The van der Waals surface area contributed by atoms with Crippen LogP contribution < -0.4 is 10.6 Å². The molecule has 128 valence electrons. The van der Waals surface area contributed by atoms with Gasteiger partial charge in [0.05, 0.1) is 5.56 Å². The molecule has 0 aliphatic carbocycles. The summed E-state index contributed by atoms with van der Waals surface area (Å²) in [5.74, 6) is 1.02. The van der Waals surface area contributed by atoms with Crippen LogP contribution in [0.15, 0.2) is 12.4 Å². The van der Waals surface area contributed by atoms with E-state index in [1.165, 1.54) is 12.8 Å². The molecule has 3 heterocycles. The molecule has 1 aromatic rings. The first-order valence-corrected chi connectivity index (χ1v) is 8.09. The largest absolute Gasteiger partial charge is 0.419 e. The van der Waals surface area contributed by atoms with Gasteiger partial charge in [0.1, 0.15) is 0 Å². The third-order valence-electron chi connectivity index (χ3n) is 4.56. The summed E-state index contributed by atoms with van der Waals surface area (Å²) in [6.07, 6.45) is 0.675. The van der Waals surface area contributed by atoms with Gasteiger partial charge in [0.25, 0.3) is 0 Å². The number of rotatable bonds is 4. The fourth-order valence-electron chi connectivity index (χ4n) is 3.28.